The van der Waals surface area contributed by atoms with Gasteiger partial charge in [0, 0.05) is 19.2 Å². The molecule has 2 heterocycles. The van der Waals surface area contributed by atoms with Crippen molar-refractivity contribution in [1.29, 1.82) is 0 Å². The summed E-state index contributed by atoms with van der Waals surface area (Å²) < 4.78 is 28.7. The molecule has 3 aromatic rings. The molecule has 4 rings (SSSR count). The summed E-state index contributed by atoms with van der Waals surface area (Å²) >= 11 is 0. The Labute approximate surface area is 161 Å². The van der Waals surface area contributed by atoms with Crippen LogP contribution in [0.3, 0.4) is 0 Å². The summed E-state index contributed by atoms with van der Waals surface area (Å²) in [5.41, 5.74) is 1.04. The molecule has 1 atom stereocenters. The fourth-order valence-corrected chi connectivity index (χ4v) is 5.17. The van der Waals surface area contributed by atoms with Crippen molar-refractivity contribution in [2.45, 2.75) is 24.7 Å². The van der Waals surface area contributed by atoms with E-state index >= 15 is 0 Å². The molecule has 0 saturated carbocycles. The Balaban J connectivity index is 1.81. The van der Waals surface area contributed by atoms with Crippen molar-refractivity contribution in [2.75, 3.05) is 13.1 Å². The van der Waals surface area contributed by atoms with Crippen molar-refractivity contribution in [3.05, 3.63) is 52.6 Å². The van der Waals surface area contributed by atoms with Gasteiger partial charge in [-0.15, -0.1) is 5.10 Å². The van der Waals surface area contributed by atoms with E-state index in [1.165, 1.54) is 21.1 Å². The summed E-state index contributed by atoms with van der Waals surface area (Å²) in [6.45, 7) is 2.85. The molecule has 0 aliphatic carbocycles. The van der Waals surface area contributed by atoms with Crippen LogP contribution in [0.15, 0.2) is 47.4 Å². The first-order chi connectivity index (χ1) is 13.4. The Morgan fingerprint density at radius 1 is 1.21 bits per heavy atom. The van der Waals surface area contributed by atoms with Crippen LogP contribution in [-0.2, 0) is 10.0 Å². The Bertz CT molecular complexity index is 1160. The van der Waals surface area contributed by atoms with Crippen molar-refractivity contribution in [2.24, 2.45) is 5.92 Å². The highest BCUT2D eigenvalue weighted by Crippen LogP contribution is 2.30. The van der Waals surface area contributed by atoms with Crippen LogP contribution in [0.5, 0.6) is 0 Å². The summed E-state index contributed by atoms with van der Waals surface area (Å²) in [7, 11) is -3.80. The normalized spacial score (nSPS) is 18.4. The molecule has 1 saturated heterocycles. The molecule has 0 radical (unpaired) electrons. The van der Waals surface area contributed by atoms with Gasteiger partial charge in [0.15, 0.2) is 0 Å². The van der Waals surface area contributed by atoms with Crippen LogP contribution in [0.1, 0.15) is 19.8 Å². The molecule has 146 valence electrons. The Morgan fingerprint density at radius 2 is 2.00 bits per heavy atom. The number of para-hydroxylation sites is 1. The van der Waals surface area contributed by atoms with E-state index in [1.807, 2.05) is 6.92 Å². The van der Waals surface area contributed by atoms with Gasteiger partial charge in [0.2, 0.25) is 10.0 Å². The molecule has 28 heavy (non-hydrogen) atoms. The number of rotatable bonds is 4. The molecule has 1 aliphatic heterocycles. The number of nitro benzene ring substituents is 1. The zero-order chi connectivity index (χ0) is 19.9. The summed E-state index contributed by atoms with van der Waals surface area (Å²) in [5, 5.41) is 19.7. The molecule has 9 nitrogen and oxygen atoms in total. The van der Waals surface area contributed by atoms with Crippen molar-refractivity contribution < 1.29 is 13.3 Å². The summed E-state index contributed by atoms with van der Waals surface area (Å²) in [6, 6.07) is 11.0. The van der Waals surface area contributed by atoms with Gasteiger partial charge in [0.1, 0.15) is 11.2 Å². The molecule has 0 amide bonds. The van der Waals surface area contributed by atoms with Crippen LogP contribution in [0.2, 0.25) is 0 Å². The van der Waals surface area contributed by atoms with Crippen LogP contribution in [0, 0.1) is 16.0 Å². The fraction of sp³-hybridized carbons (Fsp3) is 0.333. The van der Waals surface area contributed by atoms with Crippen molar-refractivity contribution >= 4 is 26.7 Å². The predicted octanol–water partition coefficient (Wildman–Crippen LogP) is 2.75. The third-order valence-electron chi connectivity index (χ3n) is 4.98. The van der Waals surface area contributed by atoms with Gasteiger partial charge >= 0.3 is 0 Å². The van der Waals surface area contributed by atoms with Gasteiger partial charge in [-0.1, -0.05) is 24.3 Å². The van der Waals surface area contributed by atoms with Gasteiger partial charge in [0.05, 0.1) is 15.3 Å². The lowest BCUT2D eigenvalue weighted by atomic mass is 10.0. The van der Waals surface area contributed by atoms with Gasteiger partial charge in [-0.3, -0.25) is 10.1 Å². The predicted molar refractivity (Wildman–Crippen MR) is 103 cm³/mol. The zero-order valence-corrected chi connectivity index (χ0v) is 16.0. The number of sulfonamides is 1. The quantitative estimate of drug-likeness (QED) is 0.491. The first-order valence-corrected chi connectivity index (χ1v) is 10.4. The van der Waals surface area contributed by atoms with E-state index < -0.39 is 14.9 Å². The van der Waals surface area contributed by atoms with E-state index in [4.69, 9.17) is 0 Å². The summed E-state index contributed by atoms with van der Waals surface area (Å²) in [4.78, 5) is 11.0. The molecule has 2 aromatic carbocycles. The Morgan fingerprint density at radius 3 is 2.75 bits per heavy atom. The highest BCUT2D eigenvalue weighted by atomic mass is 32.2. The molecular formula is C18H19N5O4S. The number of fused-ring (bicyclic) bond motifs is 1. The second-order valence-corrected chi connectivity index (χ2v) is 8.95. The number of benzene rings is 2. The maximum atomic E-state index is 13.0. The van der Waals surface area contributed by atoms with E-state index in [0.29, 0.717) is 24.1 Å². The first kappa shape index (κ1) is 18.5. The van der Waals surface area contributed by atoms with Gasteiger partial charge < -0.3 is 0 Å². The molecule has 1 aromatic heterocycles. The van der Waals surface area contributed by atoms with Crippen molar-refractivity contribution in [3.8, 4) is 5.69 Å². The lowest BCUT2D eigenvalue weighted by molar-refractivity contribution is -0.384. The van der Waals surface area contributed by atoms with Crippen LogP contribution in [-0.4, -0.2) is 45.7 Å². The average Bonchev–Trinajstić information content (AvgIpc) is 3.11. The standard InChI is InChI=1S/C18H19N5O4S/c1-13-5-4-10-21(12-13)28(26,27)14-8-9-17(18(11-14)23(24)25)22-16-7-3-2-6-15(16)19-20-22/h2-3,6-9,11,13H,4-5,10,12H2,1H3/t13-/m1/s1. The fourth-order valence-electron chi connectivity index (χ4n) is 3.55. The smallest absolute Gasteiger partial charge is 0.258 e. The van der Waals surface area contributed by atoms with E-state index in [9.17, 15) is 18.5 Å². The van der Waals surface area contributed by atoms with Crippen LogP contribution in [0.25, 0.3) is 16.7 Å². The number of nitrogens with zero attached hydrogens (tertiary/aromatic N) is 5. The first-order valence-electron chi connectivity index (χ1n) is 8.97. The zero-order valence-electron chi connectivity index (χ0n) is 15.2. The maximum absolute atomic E-state index is 13.0. The number of aromatic nitrogens is 3. The molecule has 10 heteroatoms. The second kappa shape index (κ2) is 6.95. The minimum atomic E-state index is -3.80. The van der Waals surface area contributed by atoms with E-state index in [1.54, 1.807) is 24.3 Å². The minimum Gasteiger partial charge on any atom is -0.258 e. The molecule has 0 bridgehead atoms. The molecule has 1 aliphatic rings. The molecule has 0 spiro atoms. The lowest BCUT2D eigenvalue weighted by Gasteiger charge is -2.30. The molecular weight excluding hydrogens is 382 g/mol. The van der Waals surface area contributed by atoms with Crippen molar-refractivity contribution in [1.82, 2.24) is 19.3 Å². The van der Waals surface area contributed by atoms with Gasteiger partial charge in [-0.25, -0.2) is 13.1 Å². The lowest BCUT2D eigenvalue weighted by Crippen LogP contribution is -2.39. The largest absolute Gasteiger partial charge is 0.296 e. The second-order valence-electron chi connectivity index (χ2n) is 7.01. The van der Waals surface area contributed by atoms with Gasteiger partial charge in [-0.05, 0) is 43.0 Å². The summed E-state index contributed by atoms with van der Waals surface area (Å²) in [5.74, 6) is 0.263. The van der Waals surface area contributed by atoms with Crippen LogP contribution in [0.4, 0.5) is 5.69 Å². The Hall–Kier alpha value is -2.85. The minimum absolute atomic E-state index is 0.0820. The molecule has 0 N–H and O–H groups in total. The van der Waals surface area contributed by atoms with E-state index in [0.717, 1.165) is 18.9 Å². The highest BCUT2D eigenvalue weighted by molar-refractivity contribution is 7.89. The number of hydrogen-bond acceptors (Lipinski definition) is 6. The van der Waals surface area contributed by atoms with E-state index in [-0.39, 0.29) is 22.2 Å². The summed E-state index contributed by atoms with van der Waals surface area (Å²) in [6.07, 6.45) is 1.76. The van der Waals surface area contributed by atoms with Gasteiger partial charge in [0.25, 0.3) is 5.69 Å². The third kappa shape index (κ3) is 3.14. The Kier molecular flexibility index (Phi) is 4.60. The topological polar surface area (TPSA) is 111 Å². The number of piperidine rings is 1. The monoisotopic (exact) mass is 401 g/mol. The van der Waals surface area contributed by atoms with Crippen molar-refractivity contribution in [3.63, 3.8) is 0 Å². The van der Waals surface area contributed by atoms with Gasteiger partial charge in [-0.2, -0.15) is 4.31 Å². The SMILES string of the molecule is C[C@@H]1CCCN(S(=O)(=O)c2ccc(-n3nnc4ccccc43)c([N+](=O)[O-])c2)C1. The van der Waals surface area contributed by atoms with Crippen LogP contribution < -0.4 is 0 Å². The maximum Gasteiger partial charge on any atom is 0.296 e. The highest BCUT2D eigenvalue weighted by Gasteiger charge is 2.31. The number of hydrogen-bond donors (Lipinski definition) is 0. The third-order valence-corrected chi connectivity index (χ3v) is 6.84. The van der Waals surface area contributed by atoms with E-state index in [2.05, 4.69) is 10.3 Å². The van der Waals surface area contributed by atoms with Crippen LogP contribution >= 0.6 is 0 Å². The molecule has 0 unspecified atom stereocenters. The molecule has 1 fully saturated rings. The average molecular weight is 401 g/mol. The number of nitro groups is 1.